The number of hydrogen-bond donors (Lipinski definition) is 0. The van der Waals surface area contributed by atoms with Crippen LogP contribution in [0.15, 0.2) is 12.4 Å². The second-order valence-corrected chi connectivity index (χ2v) is 4.12. The second-order valence-electron chi connectivity index (χ2n) is 4.12. The van der Waals surface area contributed by atoms with Crippen LogP contribution in [0.25, 0.3) is 0 Å². The van der Waals surface area contributed by atoms with E-state index in [-0.39, 0.29) is 0 Å². The van der Waals surface area contributed by atoms with Crippen LogP contribution in [-0.4, -0.2) is 29.6 Å². The van der Waals surface area contributed by atoms with Crippen LogP contribution in [0.5, 0.6) is 0 Å². The molecule has 0 N–H and O–H groups in total. The summed E-state index contributed by atoms with van der Waals surface area (Å²) in [5.41, 5.74) is 0. The molecule has 1 rings (SSSR count). The van der Waals surface area contributed by atoms with Gasteiger partial charge in [-0.1, -0.05) is 33.1 Å². The molecule has 0 unspecified atom stereocenters. The van der Waals surface area contributed by atoms with Crippen LogP contribution in [-0.2, 0) is 0 Å². The predicted octanol–water partition coefficient (Wildman–Crippen LogP) is 3.02. The lowest BCUT2D eigenvalue weighted by Gasteiger charge is -2.20. The standard InChI is InChI=1S/C12H24N2/c1-3-5-7-9-14-11-10-13(12-14)8-6-4-2/h10-11H,3-9,12H2,1-2H3. The lowest BCUT2D eigenvalue weighted by Crippen LogP contribution is -2.26. The Hall–Kier alpha value is -0.660. The van der Waals surface area contributed by atoms with Crippen LogP contribution in [0.2, 0.25) is 0 Å². The average molecular weight is 196 g/mol. The maximum absolute atomic E-state index is 2.42. The number of rotatable bonds is 7. The largest absolute Gasteiger partial charge is 0.359 e. The highest BCUT2D eigenvalue weighted by Crippen LogP contribution is 2.09. The normalized spacial score (nSPS) is 15.6. The summed E-state index contributed by atoms with van der Waals surface area (Å²) >= 11 is 0. The minimum Gasteiger partial charge on any atom is -0.359 e. The third kappa shape index (κ3) is 4.03. The molecule has 0 atom stereocenters. The van der Waals surface area contributed by atoms with Crippen LogP contribution < -0.4 is 0 Å². The van der Waals surface area contributed by atoms with E-state index in [2.05, 4.69) is 36.0 Å². The highest BCUT2D eigenvalue weighted by Gasteiger charge is 2.10. The molecule has 0 saturated carbocycles. The zero-order valence-electron chi connectivity index (χ0n) is 9.71. The van der Waals surface area contributed by atoms with E-state index in [4.69, 9.17) is 0 Å². The molecule has 1 aliphatic heterocycles. The van der Waals surface area contributed by atoms with E-state index >= 15 is 0 Å². The van der Waals surface area contributed by atoms with Gasteiger partial charge < -0.3 is 9.80 Å². The lowest BCUT2D eigenvalue weighted by molar-refractivity contribution is 0.259. The maximum atomic E-state index is 2.42. The maximum Gasteiger partial charge on any atom is 0.0893 e. The van der Waals surface area contributed by atoms with Gasteiger partial charge in [0.2, 0.25) is 0 Å². The van der Waals surface area contributed by atoms with E-state index in [1.54, 1.807) is 0 Å². The van der Waals surface area contributed by atoms with E-state index in [1.165, 1.54) is 45.2 Å². The van der Waals surface area contributed by atoms with Gasteiger partial charge in [-0.15, -0.1) is 0 Å². The van der Waals surface area contributed by atoms with Gasteiger partial charge in [0.1, 0.15) is 0 Å². The Balaban J connectivity index is 2.06. The summed E-state index contributed by atoms with van der Waals surface area (Å²) in [6, 6.07) is 0. The Bertz CT molecular complexity index is 166. The van der Waals surface area contributed by atoms with E-state index in [0.29, 0.717) is 0 Å². The van der Waals surface area contributed by atoms with Crippen LogP contribution in [0.4, 0.5) is 0 Å². The third-order valence-electron chi connectivity index (χ3n) is 2.70. The Morgan fingerprint density at radius 3 is 2.00 bits per heavy atom. The summed E-state index contributed by atoms with van der Waals surface area (Å²) in [6.07, 6.45) is 11.1. The highest BCUT2D eigenvalue weighted by molar-refractivity contribution is 4.90. The highest BCUT2D eigenvalue weighted by atomic mass is 15.3. The van der Waals surface area contributed by atoms with Crippen LogP contribution in [0.1, 0.15) is 46.0 Å². The number of nitrogens with zero attached hydrogens (tertiary/aromatic N) is 2. The summed E-state index contributed by atoms with van der Waals surface area (Å²) in [7, 11) is 0. The second kappa shape index (κ2) is 6.74. The quantitative estimate of drug-likeness (QED) is 0.577. The minimum absolute atomic E-state index is 1.11. The molecular formula is C12H24N2. The van der Waals surface area contributed by atoms with Crippen molar-refractivity contribution in [3.8, 4) is 0 Å². The molecule has 0 amide bonds. The molecule has 2 nitrogen and oxygen atoms in total. The minimum atomic E-state index is 1.11. The van der Waals surface area contributed by atoms with Crippen molar-refractivity contribution in [2.45, 2.75) is 46.0 Å². The molecule has 14 heavy (non-hydrogen) atoms. The van der Waals surface area contributed by atoms with Crippen LogP contribution >= 0.6 is 0 Å². The Morgan fingerprint density at radius 1 is 0.857 bits per heavy atom. The summed E-state index contributed by atoms with van der Waals surface area (Å²) in [4.78, 5) is 4.83. The Morgan fingerprint density at radius 2 is 1.43 bits per heavy atom. The fourth-order valence-electron chi connectivity index (χ4n) is 1.73. The van der Waals surface area contributed by atoms with Crippen molar-refractivity contribution in [1.29, 1.82) is 0 Å². The van der Waals surface area contributed by atoms with Crippen molar-refractivity contribution in [1.82, 2.24) is 9.80 Å². The first-order valence-corrected chi connectivity index (χ1v) is 6.03. The molecule has 0 aliphatic carbocycles. The van der Waals surface area contributed by atoms with Gasteiger partial charge in [0.05, 0.1) is 6.67 Å². The van der Waals surface area contributed by atoms with Gasteiger partial charge in [0.15, 0.2) is 0 Å². The molecule has 1 aliphatic rings. The summed E-state index contributed by atoms with van der Waals surface area (Å²) in [6.45, 7) is 8.07. The zero-order chi connectivity index (χ0) is 10.2. The predicted molar refractivity (Wildman–Crippen MR) is 61.9 cm³/mol. The first-order valence-electron chi connectivity index (χ1n) is 6.03. The Kier molecular flexibility index (Phi) is 5.50. The summed E-state index contributed by atoms with van der Waals surface area (Å²) < 4.78 is 0. The van der Waals surface area contributed by atoms with Crippen LogP contribution in [0.3, 0.4) is 0 Å². The monoisotopic (exact) mass is 196 g/mol. The first kappa shape index (κ1) is 11.4. The van der Waals surface area contributed by atoms with Gasteiger partial charge in [-0.25, -0.2) is 0 Å². The fraction of sp³-hybridized carbons (Fsp3) is 0.833. The van der Waals surface area contributed by atoms with Gasteiger partial charge in [-0.3, -0.25) is 0 Å². The molecule has 0 aromatic rings. The van der Waals surface area contributed by atoms with Gasteiger partial charge in [0.25, 0.3) is 0 Å². The fourth-order valence-corrected chi connectivity index (χ4v) is 1.73. The van der Waals surface area contributed by atoms with Crippen LogP contribution in [0, 0.1) is 0 Å². The Labute approximate surface area is 88.6 Å². The third-order valence-corrected chi connectivity index (χ3v) is 2.70. The van der Waals surface area contributed by atoms with Crippen molar-refractivity contribution < 1.29 is 0 Å². The van der Waals surface area contributed by atoms with Gasteiger partial charge >= 0.3 is 0 Å². The molecule has 0 saturated heterocycles. The molecule has 0 aromatic heterocycles. The van der Waals surface area contributed by atoms with Crippen molar-refractivity contribution in [3.05, 3.63) is 12.4 Å². The smallest absolute Gasteiger partial charge is 0.0893 e. The molecule has 0 fully saturated rings. The van der Waals surface area contributed by atoms with Gasteiger partial charge in [-0.2, -0.15) is 0 Å². The van der Waals surface area contributed by atoms with Gasteiger partial charge in [0, 0.05) is 25.5 Å². The van der Waals surface area contributed by atoms with E-state index in [9.17, 15) is 0 Å². The van der Waals surface area contributed by atoms with Crippen molar-refractivity contribution in [2.24, 2.45) is 0 Å². The summed E-state index contributed by atoms with van der Waals surface area (Å²) in [5, 5.41) is 0. The average Bonchev–Trinajstić information content (AvgIpc) is 2.63. The molecule has 82 valence electrons. The number of unbranched alkanes of at least 4 members (excludes halogenated alkanes) is 3. The molecule has 1 heterocycles. The molecular weight excluding hydrogens is 172 g/mol. The van der Waals surface area contributed by atoms with Crippen molar-refractivity contribution in [2.75, 3.05) is 19.8 Å². The topological polar surface area (TPSA) is 6.48 Å². The molecule has 2 heteroatoms. The number of hydrogen-bond acceptors (Lipinski definition) is 2. The molecule has 0 radical (unpaired) electrons. The SMILES string of the molecule is CCCCCN1C=CN(CCCC)C1. The van der Waals surface area contributed by atoms with Crippen molar-refractivity contribution in [3.63, 3.8) is 0 Å². The van der Waals surface area contributed by atoms with Crippen molar-refractivity contribution >= 4 is 0 Å². The van der Waals surface area contributed by atoms with Gasteiger partial charge in [-0.05, 0) is 12.8 Å². The first-order chi connectivity index (χ1) is 6.86. The molecule has 0 aromatic carbocycles. The zero-order valence-corrected chi connectivity index (χ0v) is 9.71. The molecule has 0 bridgehead atoms. The molecule has 0 spiro atoms. The van der Waals surface area contributed by atoms with E-state index in [0.717, 1.165) is 6.67 Å². The lowest BCUT2D eigenvalue weighted by atomic mass is 10.2. The summed E-state index contributed by atoms with van der Waals surface area (Å²) in [5.74, 6) is 0. The van der Waals surface area contributed by atoms with E-state index in [1.807, 2.05) is 0 Å². The van der Waals surface area contributed by atoms with E-state index < -0.39 is 0 Å².